The SMILES string of the molecule is CC(O)(CN=C(NCCc1ccco1)NCC1CCOC1)c1ccsc1. The Morgan fingerprint density at radius 3 is 3.04 bits per heavy atom. The van der Waals surface area contributed by atoms with E-state index in [2.05, 4.69) is 15.6 Å². The Morgan fingerprint density at radius 1 is 1.42 bits per heavy atom. The largest absolute Gasteiger partial charge is 0.469 e. The molecule has 142 valence electrons. The Morgan fingerprint density at radius 2 is 2.35 bits per heavy atom. The Bertz CT molecular complexity index is 662. The van der Waals surface area contributed by atoms with E-state index < -0.39 is 5.60 Å². The minimum absolute atomic E-state index is 0.293. The first kappa shape index (κ1) is 18.9. The summed E-state index contributed by atoms with van der Waals surface area (Å²) < 4.78 is 10.8. The lowest BCUT2D eigenvalue weighted by Gasteiger charge is -2.21. The Balaban J connectivity index is 1.56. The highest BCUT2D eigenvalue weighted by Gasteiger charge is 2.23. The lowest BCUT2D eigenvalue weighted by atomic mass is 10.00. The third kappa shape index (κ3) is 5.59. The van der Waals surface area contributed by atoms with Crippen molar-refractivity contribution in [2.75, 3.05) is 32.8 Å². The van der Waals surface area contributed by atoms with E-state index in [0.717, 1.165) is 43.9 Å². The van der Waals surface area contributed by atoms with Crippen molar-refractivity contribution >= 4 is 17.3 Å². The van der Waals surface area contributed by atoms with Crippen LogP contribution in [0.15, 0.2) is 44.6 Å². The minimum Gasteiger partial charge on any atom is -0.469 e. The molecule has 1 fully saturated rings. The zero-order valence-corrected chi connectivity index (χ0v) is 15.9. The highest BCUT2D eigenvalue weighted by Crippen LogP contribution is 2.23. The van der Waals surface area contributed by atoms with E-state index >= 15 is 0 Å². The van der Waals surface area contributed by atoms with E-state index in [9.17, 15) is 5.11 Å². The van der Waals surface area contributed by atoms with Gasteiger partial charge in [-0.2, -0.15) is 11.3 Å². The van der Waals surface area contributed by atoms with Gasteiger partial charge in [0.05, 0.1) is 19.4 Å². The van der Waals surface area contributed by atoms with E-state index in [1.54, 1.807) is 24.5 Å². The molecule has 3 rings (SSSR count). The second kappa shape index (κ2) is 9.21. The summed E-state index contributed by atoms with van der Waals surface area (Å²) in [5.41, 5.74) is -0.0862. The van der Waals surface area contributed by atoms with Gasteiger partial charge in [-0.3, -0.25) is 0 Å². The molecule has 0 spiro atoms. The van der Waals surface area contributed by atoms with Crippen molar-refractivity contribution in [2.45, 2.75) is 25.4 Å². The second-order valence-corrected chi connectivity index (χ2v) is 7.60. The van der Waals surface area contributed by atoms with Crippen molar-refractivity contribution in [3.8, 4) is 0 Å². The molecule has 2 atom stereocenters. The topological polar surface area (TPSA) is 79.0 Å². The number of rotatable bonds is 8. The summed E-state index contributed by atoms with van der Waals surface area (Å²) >= 11 is 1.58. The van der Waals surface area contributed by atoms with Gasteiger partial charge in [-0.15, -0.1) is 0 Å². The summed E-state index contributed by atoms with van der Waals surface area (Å²) in [5.74, 6) is 2.15. The number of nitrogens with zero attached hydrogens (tertiary/aromatic N) is 1. The van der Waals surface area contributed by atoms with Gasteiger partial charge in [-0.25, -0.2) is 4.99 Å². The average molecular weight is 378 g/mol. The summed E-state index contributed by atoms with van der Waals surface area (Å²) in [4.78, 5) is 4.61. The van der Waals surface area contributed by atoms with Crippen LogP contribution < -0.4 is 10.6 Å². The van der Waals surface area contributed by atoms with E-state index in [0.29, 0.717) is 25.0 Å². The first-order valence-corrected chi connectivity index (χ1v) is 9.95. The van der Waals surface area contributed by atoms with Crippen LogP contribution in [0, 0.1) is 5.92 Å². The van der Waals surface area contributed by atoms with Crippen molar-refractivity contribution < 1.29 is 14.3 Å². The quantitative estimate of drug-likeness (QED) is 0.486. The lowest BCUT2D eigenvalue weighted by Crippen LogP contribution is -2.42. The van der Waals surface area contributed by atoms with Crippen LogP contribution in [0.2, 0.25) is 0 Å². The zero-order chi connectivity index (χ0) is 18.2. The summed E-state index contributed by atoms with van der Waals surface area (Å²) in [7, 11) is 0. The van der Waals surface area contributed by atoms with Crippen LogP contribution in [-0.4, -0.2) is 43.9 Å². The summed E-state index contributed by atoms with van der Waals surface area (Å²) in [5, 5.41) is 21.3. The molecule has 6 nitrogen and oxygen atoms in total. The molecule has 0 saturated carbocycles. The van der Waals surface area contributed by atoms with E-state index in [1.807, 2.05) is 29.0 Å². The predicted octanol–water partition coefficient (Wildman–Crippen LogP) is 2.36. The first-order chi connectivity index (χ1) is 12.6. The van der Waals surface area contributed by atoms with E-state index in [4.69, 9.17) is 9.15 Å². The number of nitrogens with one attached hydrogen (secondary N) is 2. The van der Waals surface area contributed by atoms with Gasteiger partial charge in [-0.1, -0.05) is 0 Å². The molecule has 3 N–H and O–H groups in total. The highest BCUT2D eigenvalue weighted by molar-refractivity contribution is 7.08. The molecule has 3 heterocycles. The fourth-order valence-corrected chi connectivity index (χ4v) is 3.60. The van der Waals surface area contributed by atoms with Gasteiger partial charge in [-0.05, 0) is 47.9 Å². The van der Waals surface area contributed by atoms with Gasteiger partial charge in [0.2, 0.25) is 0 Å². The molecule has 0 bridgehead atoms. The molecule has 0 aromatic carbocycles. The van der Waals surface area contributed by atoms with Crippen molar-refractivity contribution in [1.29, 1.82) is 0 Å². The number of ether oxygens (including phenoxy) is 1. The van der Waals surface area contributed by atoms with Gasteiger partial charge < -0.3 is 24.9 Å². The smallest absolute Gasteiger partial charge is 0.191 e. The number of hydrogen-bond acceptors (Lipinski definition) is 5. The summed E-state index contributed by atoms with van der Waals surface area (Å²) in [6.45, 7) is 5.23. The average Bonchev–Trinajstić information content (AvgIpc) is 3.40. The molecule has 2 aromatic rings. The van der Waals surface area contributed by atoms with E-state index in [-0.39, 0.29) is 0 Å². The van der Waals surface area contributed by atoms with Crippen LogP contribution in [0.1, 0.15) is 24.7 Å². The monoisotopic (exact) mass is 377 g/mol. The van der Waals surface area contributed by atoms with Crippen molar-refractivity contribution in [1.82, 2.24) is 10.6 Å². The normalized spacial score (nSPS) is 20.1. The molecular weight excluding hydrogens is 350 g/mol. The third-order valence-corrected chi connectivity index (χ3v) is 5.20. The van der Waals surface area contributed by atoms with Crippen LogP contribution in [0.5, 0.6) is 0 Å². The van der Waals surface area contributed by atoms with Gasteiger partial charge in [0.1, 0.15) is 11.4 Å². The van der Waals surface area contributed by atoms with Crippen molar-refractivity contribution in [3.63, 3.8) is 0 Å². The first-order valence-electron chi connectivity index (χ1n) is 9.01. The molecule has 2 unspecified atom stereocenters. The number of guanidine groups is 1. The van der Waals surface area contributed by atoms with Gasteiger partial charge in [0, 0.05) is 32.0 Å². The number of aliphatic hydroxyl groups is 1. The maximum Gasteiger partial charge on any atom is 0.191 e. The Kier molecular flexibility index (Phi) is 6.71. The maximum absolute atomic E-state index is 10.7. The molecule has 1 saturated heterocycles. The number of furan rings is 1. The summed E-state index contributed by atoms with van der Waals surface area (Å²) in [6, 6.07) is 5.79. The fourth-order valence-electron chi connectivity index (χ4n) is 2.81. The van der Waals surface area contributed by atoms with Crippen LogP contribution in [0.3, 0.4) is 0 Å². The molecule has 26 heavy (non-hydrogen) atoms. The van der Waals surface area contributed by atoms with Crippen molar-refractivity contribution in [3.05, 3.63) is 46.5 Å². The molecule has 1 aliphatic heterocycles. The summed E-state index contributed by atoms with van der Waals surface area (Å²) in [6.07, 6.45) is 3.53. The van der Waals surface area contributed by atoms with Crippen LogP contribution in [-0.2, 0) is 16.8 Å². The standard InChI is InChI=1S/C19H27N3O3S/c1-19(23,16-6-10-26-13-16)14-22-18(21-11-15-5-9-24-12-15)20-7-4-17-3-2-8-25-17/h2-3,6,8,10,13,15,23H,4-5,7,9,11-12,14H2,1H3,(H2,20,21,22). The lowest BCUT2D eigenvalue weighted by molar-refractivity contribution is 0.0677. The maximum atomic E-state index is 10.7. The highest BCUT2D eigenvalue weighted by atomic mass is 32.1. The molecule has 0 amide bonds. The molecule has 7 heteroatoms. The molecule has 2 aromatic heterocycles. The second-order valence-electron chi connectivity index (χ2n) is 6.82. The molecular formula is C19H27N3O3S. The Hall–Kier alpha value is -1.83. The van der Waals surface area contributed by atoms with Crippen LogP contribution in [0.4, 0.5) is 0 Å². The molecule has 0 radical (unpaired) electrons. The van der Waals surface area contributed by atoms with Crippen LogP contribution >= 0.6 is 11.3 Å². The van der Waals surface area contributed by atoms with Gasteiger partial charge >= 0.3 is 0 Å². The van der Waals surface area contributed by atoms with E-state index in [1.165, 1.54) is 0 Å². The molecule has 1 aliphatic rings. The van der Waals surface area contributed by atoms with Gasteiger partial charge in [0.15, 0.2) is 5.96 Å². The third-order valence-electron chi connectivity index (χ3n) is 4.51. The van der Waals surface area contributed by atoms with Crippen molar-refractivity contribution in [2.24, 2.45) is 10.9 Å². The predicted molar refractivity (Wildman–Crippen MR) is 104 cm³/mol. The Labute approximate surface area is 158 Å². The number of thiophene rings is 1. The number of hydrogen-bond donors (Lipinski definition) is 3. The molecule has 0 aliphatic carbocycles. The fraction of sp³-hybridized carbons (Fsp3) is 0.526. The minimum atomic E-state index is -0.980. The van der Waals surface area contributed by atoms with Crippen LogP contribution in [0.25, 0.3) is 0 Å². The van der Waals surface area contributed by atoms with Gasteiger partial charge in [0.25, 0.3) is 0 Å². The number of aliphatic imine (C=N–C) groups is 1. The zero-order valence-electron chi connectivity index (χ0n) is 15.1.